The van der Waals surface area contributed by atoms with Crippen LogP contribution in [0.15, 0.2) is 170 Å². The van der Waals surface area contributed by atoms with Crippen LogP contribution in [0.2, 0.25) is 0 Å². The molecule has 0 spiro atoms. The third-order valence-electron chi connectivity index (χ3n) is 8.43. The zero-order valence-electron chi connectivity index (χ0n) is 23.2. The van der Waals surface area contributed by atoms with E-state index in [0.717, 1.165) is 0 Å². The topological polar surface area (TPSA) is 0 Å². The summed E-state index contributed by atoms with van der Waals surface area (Å²) in [5.74, 6) is 0. The summed E-state index contributed by atoms with van der Waals surface area (Å²) in [7, 11) is 0. The highest BCUT2D eigenvalue weighted by molar-refractivity contribution is 6.21. The summed E-state index contributed by atoms with van der Waals surface area (Å²) in [5, 5.41) is 7.61. The molecule has 0 aliphatic heterocycles. The van der Waals surface area contributed by atoms with Gasteiger partial charge in [-0.1, -0.05) is 152 Å². The molecule has 8 aromatic carbocycles. The zero-order valence-corrected chi connectivity index (χ0v) is 23.2. The van der Waals surface area contributed by atoms with Gasteiger partial charge in [0.15, 0.2) is 0 Å². The van der Waals surface area contributed by atoms with Gasteiger partial charge < -0.3 is 0 Å². The molecule has 0 nitrogen and oxygen atoms in total. The minimum atomic E-state index is 1.23. The number of hydrogen-bond acceptors (Lipinski definition) is 0. The minimum Gasteiger partial charge on any atom is -0.0622 e. The van der Waals surface area contributed by atoms with Gasteiger partial charge >= 0.3 is 0 Å². The van der Waals surface area contributed by atoms with Crippen molar-refractivity contribution in [3.8, 4) is 44.5 Å². The van der Waals surface area contributed by atoms with Crippen LogP contribution in [0.4, 0.5) is 0 Å². The molecule has 0 aromatic heterocycles. The number of hydrogen-bond donors (Lipinski definition) is 0. The predicted molar refractivity (Wildman–Crippen MR) is 181 cm³/mol. The highest BCUT2D eigenvalue weighted by Crippen LogP contribution is 2.44. The molecule has 0 heterocycles. The largest absolute Gasteiger partial charge is 0.0622 e. The van der Waals surface area contributed by atoms with E-state index in [1.54, 1.807) is 0 Å². The summed E-state index contributed by atoms with van der Waals surface area (Å²) in [6, 6.07) is 61.7. The quantitative estimate of drug-likeness (QED) is 0.198. The molecule has 42 heavy (non-hydrogen) atoms. The van der Waals surface area contributed by atoms with Gasteiger partial charge in [-0.2, -0.15) is 0 Å². The van der Waals surface area contributed by atoms with Crippen LogP contribution in [-0.2, 0) is 0 Å². The molecule has 0 saturated heterocycles. The van der Waals surface area contributed by atoms with Crippen molar-refractivity contribution in [2.24, 2.45) is 0 Å². The van der Waals surface area contributed by atoms with E-state index >= 15 is 0 Å². The van der Waals surface area contributed by atoms with Crippen molar-refractivity contribution >= 4 is 32.3 Å². The predicted octanol–water partition coefficient (Wildman–Crippen LogP) is 11.8. The smallest absolute Gasteiger partial charge is 0.00262 e. The van der Waals surface area contributed by atoms with Crippen LogP contribution < -0.4 is 0 Å². The van der Waals surface area contributed by atoms with Crippen molar-refractivity contribution in [2.75, 3.05) is 0 Å². The molecule has 0 unspecified atom stereocenters. The van der Waals surface area contributed by atoms with Crippen molar-refractivity contribution in [1.82, 2.24) is 0 Å². The molecule has 196 valence electrons. The first-order valence-electron chi connectivity index (χ1n) is 14.5. The van der Waals surface area contributed by atoms with Crippen LogP contribution in [0, 0.1) is 0 Å². The number of benzene rings is 8. The van der Waals surface area contributed by atoms with Crippen LogP contribution in [0.5, 0.6) is 0 Å². The Hall–Kier alpha value is -5.46. The van der Waals surface area contributed by atoms with E-state index in [2.05, 4.69) is 170 Å². The second-order valence-corrected chi connectivity index (χ2v) is 10.9. The molecule has 8 aromatic rings. The molecule has 0 radical (unpaired) electrons. The van der Waals surface area contributed by atoms with Crippen molar-refractivity contribution < 1.29 is 0 Å². The van der Waals surface area contributed by atoms with Gasteiger partial charge in [0.1, 0.15) is 0 Å². The molecule has 0 aliphatic rings. The van der Waals surface area contributed by atoms with Gasteiger partial charge in [0, 0.05) is 0 Å². The summed E-state index contributed by atoms with van der Waals surface area (Å²) < 4.78 is 0. The Labute approximate surface area is 246 Å². The van der Waals surface area contributed by atoms with Crippen molar-refractivity contribution in [2.45, 2.75) is 0 Å². The molecule has 0 atom stereocenters. The Morgan fingerprint density at radius 3 is 1.21 bits per heavy atom. The fraction of sp³-hybridized carbons (Fsp3) is 0. The first-order valence-corrected chi connectivity index (χ1v) is 14.5. The average molecular weight is 533 g/mol. The van der Waals surface area contributed by atoms with Gasteiger partial charge in [0.25, 0.3) is 0 Å². The van der Waals surface area contributed by atoms with Crippen LogP contribution >= 0.6 is 0 Å². The van der Waals surface area contributed by atoms with E-state index in [4.69, 9.17) is 0 Å². The van der Waals surface area contributed by atoms with Crippen LogP contribution in [0.25, 0.3) is 76.8 Å². The molecule has 0 aliphatic carbocycles. The Bertz CT molecular complexity index is 2170. The Morgan fingerprint density at radius 2 is 0.619 bits per heavy atom. The molecular weight excluding hydrogens is 504 g/mol. The standard InChI is InChI=1S/C42H28/c1-3-12-29(13-4-1)32-16-11-17-33(26-32)34-24-22-30-23-25-35(28-36(30)27-34)42-39-20-9-7-18-37(39)41(31-14-5-2-6-15-31)38-19-8-10-21-40(38)42/h1-28H. The first-order chi connectivity index (χ1) is 20.8. The third-order valence-corrected chi connectivity index (χ3v) is 8.43. The lowest BCUT2D eigenvalue weighted by molar-refractivity contribution is 1.60. The Morgan fingerprint density at radius 1 is 0.214 bits per heavy atom. The summed E-state index contributed by atoms with van der Waals surface area (Å²) in [4.78, 5) is 0. The average Bonchev–Trinajstić information content (AvgIpc) is 3.07. The molecule has 8 rings (SSSR count). The van der Waals surface area contributed by atoms with Gasteiger partial charge in [0.05, 0.1) is 0 Å². The van der Waals surface area contributed by atoms with Gasteiger partial charge in [-0.15, -0.1) is 0 Å². The Balaban J connectivity index is 1.33. The molecule has 0 bridgehead atoms. The van der Waals surface area contributed by atoms with Gasteiger partial charge in [-0.05, 0) is 95.0 Å². The molecule has 0 heteroatoms. The van der Waals surface area contributed by atoms with Crippen LogP contribution in [0.3, 0.4) is 0 Å². The van der Waals surface area contributed by atoms with Crippen molar-refractivity contribution in [3.63, 3.8) is 0 Å². The van der Waals surface area contributed by atoms with Gasteiger partial charge in [0.2, 0.25) is 0 Å². The maximum atomic E-state index is 2.37. The molecular formula is C42H28. The van der Waals surface area contributed by atoms with E-state index in [-0.39, 0.29) is 0 Å². The monoisotopic (exact) mass is 532 g/mol. The van der Waals surface area contributed by atoms with Crippen LogP contribution in [0.1, 0.15) is 0 Å². The normalized spacial score (nSPS) is 11.3. The lowest BCUT2D eigenvalue weighted by Gasteiger charge is -2.18. The SMILES string of the molecule is c1ccc(-c2cccc(-c3ccc4ccc(-c5c6ccccc6c(-c6ccccc6)c6ccccc56)cc4c3)c2)cc1. The molecule has 0 N–H and O–H groups in total. The van der Waals surface area contributed by atoms with E-state index in [1.165, 1.54) is 76.8 Å². The van der Waals surface area contributed by atoms with E-state index < -0.39 is 0 Å². The summed E-state index contributed by atoms with van der Waals surface area (Å²) >= 11 is 0. The molecule has 0 amide bonds. The molecule has 0 saturated carbocycles. The van der Waals surface area contributed by atoms with Crippen molar-refractivity contribution in [3.05, 3.63) is 170 Å². The summed E-state index contributed by atoms with van der Waals surface area (Å²) in [6.45, 7) is 0. The summed E-state index contributed by atoms with van der Waals surface area (Å²) in [6.07, 6.45) is 0. The van der Waals surface area contributed by atoms with E-state index in [9.17, 15) is 0 Å². The second-order valence-electron chi connectivity index (χ2n) is 10.9. The third kappa shape index (κ3) is 4.17. The second kappa shape index (κ2) is 10.2. The van der Waals surface area contributed by atoms with Gasteiger partial charge in [-0.3, -0.25) is 0 Å². The number of fused-ring (bicyclic) bond motifs is 3. The fourth-order valence-electron chi connectivity index (χ4n) is 6.45. The highest BCUT2D eigenvalue weighted by Gasteiger charge is 2.16. The maximum absolute atomic E-state index is 2.37. The van der Waals surface area contributed by atoms with Crippen LogP contribution in [-0.4, -0.2) is 0 Å². The lowest BCUT2D eigenvalue weighted by Crippen LogP contribution is -1.91. The van der Waals surface area contributed by atoms with E-state index in [1.807, 2.05) is 0 Å². The Kier molecular flexibility index (Phi) is 5.90. The first kappa shape index (κ1) is 24.3. The maximum Gasteiger partial charge on any atom is -0.00262 e. The van der Waals surface area contributed by atoms with E-state index in [0.29, 0.717) is 0 Å². The fourth-order valence-corrected chi connectivity index (χ4v) is 6.45. The van der Waals surface area contributed by atoms with Crippen molar-refractivity contribution in [1.29, 1.82) is 0 Å². The zero-order chi connectivity index (χ0) is 27.9. The number of rotatable bonds is 4. The highest BCUT2D eigenvalue weighted by atomic mass is 14.2. The van der Waals surface area contributed by atoms with Gasteiger partial charge in [-0.25, -0.2) is 0 Å². The summed E-state index contributed by atoms with van der Waals surface area (Å²) in [5.41, 5.74) is 10.0. The lowest BCUT2D eigenvalue weighted by atomic mass is 9.85. The minimum absolute atomic E-state index is 1.23. The molecule has 0 fully saturated rings.